The summed E-state index contributed by atoms with van der Waals surface area (Å²) in [5.41, 5.74) is 0.120. The van der Waals surface area contributed by atoms with Crippen molar-refractivity contribution in [2.24, 2.45) is 0 Å². The summed E-state index contributed by atoms with van der Waals surface area (Å²) in [5, 5.41) is -0.104. The molecular weight excluding hydrogens is 311 g/mol. The third-order valence-corrected chi connectivity index (χ3v) is 8.29. The predicted molar refractivity (Wildman–Crippen MR) is 83.7 cm³/mol. The maximum absolute atomic E-state index is 12.6. The van der Waals surface area contributed by atoms with E-state index in [4.69, 9.17) is 4.43 Å². The third-order valence-electron chi connectivity index (χ3n) is 3.95. The summed E-state index contributed by atoms with van der Waals surface area (Å²) in [6.07, 6.45) is -4.92. The summed E-state index contributed by atoms with van der Waals surface area (Å²) in [6.45, 7) is 10.1. The second-order valence-corrected chi connectivity index (χ2v) is 11.4. The van der Waals surface area contributed by atoms with Crippen molar-refractivity contribution in [3.05, 3.63) is 24.3 Å². The maximum Gasteiger partial charge on any atom is 0.471 e. The minimum Gasteiger partial charge on any atom is -0.542 e. The molecule has 0 unspecified atom stereocenters. The lowest BCUT2D eigenvalue weighted by Gasteiger charge is -2.37. The number of amides is 1. The highest BCUT2D eigenvalue weighted by Crippen LogP contribution is 2.40. The molecule has 7 heteroatoms. The van der Waals surface area contributed by atoms with Gasteiger partial charge in [0.1, 0.15) is 5.75 Å². The van der Waals surface area contributed by atoms with Crippen LogP contribution in [0.5, 0.6) is 5.75 Å². The first-order valence-electron chi connectivity index (χ1n) is 6.90. The Balaban J connectivity index is 3.19. The van der Waals surface area contributed by atoms with Crippen LogP contribution in [-0.2, 0) is 4.79 Å². The van der Waals surface area contributed by atoms with Crippen LogP contribution in [0.2, 0.25) is 18.1 Å². The average Bonchev–Trinajstić information content (AvgIpc) is 2.34. The Morgan fingerprint density at radius 2 is 1.64 bits per heavy atom. The van der Waals surface area contributed by atoms with Crippen LogP contribution in [0.15, 0.2) is 24.3 Å². The molecular formula is C15H22F3NO2Si. The molecule has 0 fully saturated rings. The molecule has 0 saturated heterocycles. The highest BCUT2D eigenvalue weighted by molar-refractivity contribution is 6.74. The van der Waals surface area contributed by atoms with Crippen LogP contribution in [0.4, 0.5) is 18.9 Å². The van der Waals surface area contributed by atoms with E-state index in [-0.39, 0.29) is 10.7 Å². The first-order valence-corrected chi connectivity index (χ1v) is 9.81. The lowest BCUT2D eigenvalue weighted by atomic mass is 10.2. The van der Waals surface area contributed by atoms with Gasteiger partial charge < -0.3 is 9.33 Å². The summed E-state index contributed by atoms with van der Waals surface area (Å²) in [4.78, 5) is 12.0. The zero-order valence-electron chi connectivity index (χ0n) is 13.7. The highest BCUT2D eigenvalue weighted by atomic mass is 28.4. The lowest BCUT2D eigenvalue weighted by molar-refractivity contribution is -0.170. The fourth-order valence-electron chi connectivity index (χ4n) is 1.55. The zero-order valence-corrected chi connectivity index (χ0v) is 14.7. The molecule has 0 aromatic heterocycles. The molecule has 0 atom stereocenters. The molecule has 22 heavy (non-hydrogen) atoms. The molecule has 0 aliphatic carbocycles. The molecule has 0 radical (unpaired) electrons. The van der Waals surface area contributed by atoms with Crippen LogP contribution in [-0.4, -0.2) is 27.4 Å². The monoisotopic (exact) mass is 333 g/mol. The van der Waals surface area contributed by atoms with Gasteiger partial charge in [-0.15, -0.1) is 0 Å². The van der Waals surface area contributed by atoms with Crippen LogP contribution >= 0.6 is 0 Å². The Hall–Kier alpha value is -1.50. The Morgan fingerprint density at radius 1 is 1.14 bits per heavy atom. The normalized spacial score (nSPS) is 13.0. The van der Waals surface area contributed by atoms with E-state index in [2.05, 4.69) is 0 Å². The second-order valence-electron chi connectivity index (χ2n) is 6.69. The molecule has 0 N–H and O–H groups in total. The number of carbonyl (C=O) groups excluding carboxylic acids is 1. The van der Waals surface area contributed by atoms with E-state index in [0.29, 0.717) is 10.6 Å². The van der Waals surface area contributed by atoms with Gasteiger partial charge in [0.25, 0.3) is 8.32 Å². The van der Waals surface area contributed by atoms with E-state index in [1.165, 1.54) is 6.07 Å². The number of nitrogens with zero attached hydrogens (tertiary/aromatic N) is 1. The molecule has 1 aromatic carbocycles. The van der Waals surface area contributed by atoms with Gasteiger partial charge in [0, 0.05) is 7.05 Å². The average molecular weight is 333 g/mol. The van der Waals surface area contributed by atoms with Crippen molar-refractivity contribution in [3.63, 3.8) is 0 Å². The van der Waals surface area contributed by atoms with Gasteiger partial charge >= 0.3 is 12.1 Å². The fourth-order valence-corrected chi connectivity index (χ4v) is 2.58. The van der Waals surface area contributed by atoms with Gasteiger partial charge in [0.15, 0.2) is 0 Å². The van der Waals surface area contributed by atoms with Gasteiger partial charge in [0.2, 0.25) is 0 Å². The molecule has 124 valence electrons. The molecule has 1 amide bonds. The minimum absolute atomic E-state index is 0.104. The van der Waals surface area contributed by atoms with Gasteiger partial charge in [0.05, 0.1) is 5.69 Å². The standard InChI is InChI=1S/C15H22F3NO2Si/c1-14(2,3)22(5,6)21-12-10-8-7-9-11(12)19(4)13(20)15(16,17)18/h7-10H,1-6H3. The topological polar surface area (TPSA) is 29.5 Å². The van der Waals surface area contributed by atoms with E-state index >= 15 is 0 Å². The fraction of sp³-hybridized carbons (Fsp3) is 0.533. The quantitative estimate of drug-likeness (QED) is 0.757. The Bertz CT molecular complexity index is 550. The number of hydrogen-bond donors (Lipinski definition) is 0. The number of alkyl halides is 3. The van der Waals surface area contributed by atoms with Crippen molar-refractivity contribution < 1.29 is 22.4 Å². The van der Waals surface area contributed by atoms with Crippen molar-refractivity contribution in [1.82, 2.24) is 0 Å². The lowest BCUT2D eigenvalue weighted by Crippen LogP contribution is -2.44. The summed E-state index contributed by atoms with van der Waals surface area (Å²) >= 11 is 0. The van der Waals surface area contributed by atoms with Crippen molar-refractivity contribution in [3.8, 4) is 5.75 Å². The smallest absolute Gasteiger partial charge is 0.471 e. The Labute approximate surface area is 130 Å². The van der Waals surface area contributed by atoms with Gasteiger partial charge in [-0.25, -0.2) is 0 Å². The predicted octanol–water partition coefficient (Wildman–Crippen LogP) is 4.60. The molecule has 0 bridgehead atoms. The molecule has 0 saturated carbocycles. The van der Waals surface area contributed by atoms with Crippen molar-refractivity contribution in [2.45, 2.75) is 45.1 Å². The summed E-state index contributed by atoms with van der Waals surface area (Å²) in [6, 6.07) is 6.30. The van der Waals surface area contributed by atoms with Gasteiger partial charge in [-0.2, -0.15) is 13.2 Å². The summed E-state index contributed by atoms with van der Waals surface area (Å²) in [5.74, 6) is -1.62. The molecule has 1 aromatic rings. The van der Waals surface area contributed by atoms with Gasteiger partial charge in [-0.05, 0) is 30.3 Å². The molecule has 0 heterocycles. The third kappa shape index (κ3) is 4.03. The Morgan fingerprint density at radius 3 is 2.09 bits per heavy atom. The van der Waals surface area contributed by atoms with Crippen LogP contribution in [0.3, 0.4) is 0 Å². The van der Waals surface area contributed by atoms with Crippen LogP contribution in [0, 0.1) is 0 Å². The summed E-state index contributed by atoms with van der Waals surface area (Å²) < 4.78 is 43.9. The van der Waals surface area contributed by atoms with Crippen molar-refractivity contribution in [2.75, 3.05) is 11.9 Å². The molecule has 1 rings (SSSR count). The van der Waals surface area contributed by atoms with Crippen molar-refractivity contribution in [1.29, 1.82) is 0 Å². The minimum atomic E-state index is -4.92. The van der Waals surface area contributed by atoms with Crippen LogP contribution in [0.1, 0.15) is 20.8 Å². The van der Waals surface area contributed by atoms with Gasteiger partial charge in [-0.3, -0.25) is 4.79 Å². The number of carbonyl (C=O) groups is 1. The van der Waals surface area contributed by atoms with E-state index in [9.17, 15) is 18.0 Å². The molecule has 0 aliphatic rings. The van der Waals surface area contributed by atoms with E-state index in [1.54, 1.807) is 18.2 Å². The maximum atomic E-state index is 12.6. The number of rotatable bonds is 3. The number of para-hydroxylation sites is 2. The van der Waals surface area contributed by atoms with Crippen LogP contribution in [0.25, 0.3) is 0 Å². The second kappa shape index (κ2) is 5.95. The SMILES string of the molecule is CN(C(=O)C(F)(F)F)c1ccccc1O[Si](C)(C)C(C)(C)C. The largest absolute Gasteiger partial charge is 0.542 e. The summed E-state index contributed by atoms with van der Waals surface area (Å²) in [7, 11) is -1.12. The number of anilines is 1. The first-order chi connectivity index (χ1) is 9.77. The Kier molecular flexibility index (Phi) is 5.01. The van der Waals surface area contributed by atoms with Gasteiger partial charge in [-0.1, -0.05) is 32.9 Å². The van der Waals surface area contributed by atoms with E-state index in [0.717, 1.165) is 7.05 Å². The number of hydrogen-bond acceptors (Lipinski definition) is 2. The van der Waals surface area contributed by atoms with Crippen LogP contribution < -0.4 is 9.33 Å². The molecule has 3 nitrogen and oxygen atoms in total. The van der Waals surface area contributed by atoms with E-state index < -0.39 is 20.4 Å². The zero-order chi connectivity index (χ0) is 17.3. The number of halogens is 3. The number of benzene rings is 1. The first kappa shape index (κ1) is 18.5. The van der Waals surface area contributed by atoms with Crippen molar-refractivity contribution >= 4 is 19.9 Å². The van der Waals surface area contributed by atoms with E-state index in [1.807, 2.05) is 33.9 Å². The molecule has 0 aliphatic heterocycles. The molecule has 0 spiro atoms. The highest BCUT2D eigenvalue weighted by Gasteiger charge is 2.43.